The van der Waals surface area contributed by atoms with Crippen molar-refractivity contribution in [3.05, 3.63) is 22.8 Å². The largest absolute Gasteiger partial charge is 0.354 e. The van der Waals surface area contributed by atoms with Gasteiger partial charge in [-0.1, -0.05) is 0 Å². The van der Waals surface area contributed by atoms with E-state index in [1.165, 1.54) is 18.9 Å². The molecule has 1 aromatic heterocycles. The average Bonchev–Trinajstić information content (AvgIpc) is 2.45. The van der Waals surface area contributed by atoms with E-state index in [-0.39, 0.29) is 5.91 Å². The molecule has 2 rings (SSSR count). The van der Waals surface area contributed by atoms with Crippen molar-refractivity contribution in [1.82, 2.24) is 20.0 Å². The van der Waals surface area contributed by atoms with Crippen LogP contribution in [0.2, 0.25) is 0 Å². The number of fused-ring (bicyclic) bond motifs is 1. The van der Waals surface area contributed by atoms with Crippen molar-refractivity contribution >= 4 is 15.9 Å². The summed E-state index contributed by atoms with van der Waals surface area (Å²) in [4.78, 5) is 20.9. The van der Waals surface area contributed by atoms with Crippen LogP contribution in [-0.4, -0.2) is 43.1 Å². The van der Waals surface area contributed by atoms with Gasteiger partial charge in [-0.15, -0.1) is 0 Å². The van der Waals surface area contributed by atoms with Crippen LogP contribution in [0.25, 0.3) is 0 Å². The predicted octanol–water partition coefficient (Wildman–Crippen LogP) is 0.260. The Morgan fingerprint density at radius 2 is 1.96 bits per heavy atom. The van der Waals surface area contributed by atoms with Crippen LogP contribution in [0.4, 0.5) is 0 Å². The smallest absolute Gasteiger partial charge is 0.237 e. The Morgan fingerprint density at radius 3 is 2.65 bits per heavy atom. The van der Waals surface area contributed by atoms with Crippen molar-refractivity contribution in [2.75, 3.05) is 12.8 Å². The number of carbonyl (C=O) groups excluding carboxylic acids is 1. The second-order valence-corrected chi connectivity index (χ2v) is 7.79. The number of nitrogens with zero attached hydrogens (tertiary/aromatic N) is 2. The first-order valence-electron chi connectivity index (χ1n) is 7.86. The lowest BCUT2D eigenvalue weighted by atomic mass is 9.95. The number of aromatic nitrogens is 2. The first kappa shape index (κ1) is 17.8. The minimum atomic E-state index is -3.40. The van der Waals surface area contributed by atoms with E-state index in [0.717, 1.165) is 42.7 Å². The summed E-state index contributed by atoms with van der Waals surface area (Å²) in [7, 11) is -3.40. The number of sulfonamides is 1. The van der Waals surface area contributed by atoms with Gasteiger partial charge >= 0.3 is 0 Å². The van der Waals surface area contributed by atoms with Crippen LogP contribution in [0.1, 0.15) is 42.5 Å². The monoisotopic (exact) mass is 340 g/mol. The van der Waals surface area contributed by atoms with Crippen LogP contribution in [0, 0.1) is 6.92 Å². The first-order chi connectivity index (χ1) is 10.8. The lowest BCUT2D eigenvalue weighted by Crippen LogP contribution is -2.44. The molecule has 128 valence electrons. The van der Waals surface area contributed by atoms with Gasteiger partial charge in [0.25, 0.3) is 0 Å². The number of hydrogen-bond acceptors (Lipinski definition) is 5. The highest BCUT2D eigenvalue weighted by Gasteiger charge is 2.17. The summed E-state index contributed by atoms with van der Waals surface area (Å²) in [6, 6.07) is -0.795. The standard InChI is InChI=1S/C15H24N4O3S/c1-10-12-6-4-5-7-13(12)18-14(17-10)8-9-16-15(20)11(2)19-23(3,21)22/h11,19H,4-9H2,1-3H3,(H,16,20)/t11-/m1/s1. The minimum Gasteiger partial charge on any atom is -0.354 e. The molecule has 0 spiro atoms. The fourth-order valence-corrected chi connectivity index (χ4v) is 3.53. The Morgan fingerprint density at radius 1 is 1.26 bits per heavy atom. The average molecular weight is 340 g/mol. The molecule has 1 amide bonds. The van der Waals surface area contributed by atoms with E-state index in [4.69, 9.17) is 0 Å². The van der Waals surface area contributed by atoms with E-state index in [2.05, 4.69) is 20.0 Å². The highest BCUT2D eigenvalue weighted by Crippen LogP contribution is 2.21. The van der Waals surface area contributed by atoms with Gasteiger partial charge in [0.05, 0.1) is 12.3 Å². The molecule has 0 aromatic carbocycles. The molecule has 0 saturated carbocycles. The van der Waals surface area contributed by atoms with E-state index in [1.807, 2.05) is 6.92 Å². The molecule has 0 bridgehead atoms. The van der Waals surface area contributed by atoms with Crippen molar-refractivity contribution in [3.8, 4) is 0 Å². The maximum Gasteiger partial charge on any atom is 0.237 e. The lowest BCUT2D eigenvalue weighted by Gasteiger charge is -2.17. The molecule has 0 aliphatic heterocycles. The Hall–Kier alpha value is -1.54. The fraction of sp³-hybridized carbons (Fsp3) is 0.667. The number of hydrogen-bond donors (Lipinski definition) is 2. The van der Waals surface area contributed by atoms with Crippen LogP contribution < -0.4 is 10.0 Å². The van der Waals surface area contributed by atoms with E-state index < -0.39 is 16.1 Å². The molecule has 0 fully saturated rings. The topological polar surface area (TPSA) is 101 Å². The maximum atomic E-state index is 11.8. The summed E-state index contributed by atoms with van der Waals surface area (Å²) in [5.74, 6) is 0.372. The number of rotatable bonds is 6. The minimum absolute atomic E-state index is 0.356. The van der Waals surface area contributed by atoms with Crippen molar-refractivity contribution in [2.24, 2.45) is 0 Å². The Kier molecular flexibility index (Phi) is 5.69. The molecule has 1 heterocycles. The van der Waals surface area contributed by atoms with Crippen LogP contribution >= 0.6 is 0 Å². The number of carbonyl (C=O) groups is 1. The van der Waals surface area contributed by atoms with Crippen molar-refractivity contribution < 1.29 is 13.2 Å². The molecule has 1 aromatic rings. The van der Waals surface area contributed by atoms with Crippen LogP contribution in [0.3, 0.4) is 0 Å². The maximum absolute atomic E-state index is 11.8. The first-order valence-corrected chi connectivity index (χ1v) is 9.75. The third-order valence-corrected chi connectivity index (χ3v) is 4.65. The normalized spacial score (nSPS) is 15.8. The summed E-state index contributed by atoms with van der Waals surface area (Å²) < 4.78 is 24.5. The predicted molar refractivity (Wildman–Crippen MR) is 87.6 cm³/mol. The quantitative estimate of drug-likeness (QED) is 0.773. The zero-order valence-corrected chi connectivity index (χ0v) is 14.7. The zero-order chi connectivity index (χ0) is 17.0. The second-order valence-electron chi connectivity index (χ2n) is 6.01. The van der Waals surface area contributed by atoms with Gasteiger partial charge in [-0.2, -0.15) is 0 Å². The fourth-order valence-electron chi connectivity index (χ4n) is 2.78. The summed E-state index contributed by atoms with van der Waals surface area (Å²) >= 11 is 0. The van der Waals surface area contributed by atoms with Crippen molar-refractivity contribution in [3.63, 3.8) is 0 Å². The highest BCUT2D eigenvalue weighted by molar-refractivity contribution is 7.88. The molecular formula is C15H24N4O3S. The lowest BCUT2D eigenvalue weighted by molar-refractivity contribution is -0.122. The molecule has 8 heteroatoms. The van der Waals surface area contributed by atoms with E-state index >= 15 is 0 Å². The molecule has 2 N–H and O–H groups in total. The third kappa shape index (κ3) is 5.24. The molecule has 0 radical (unpaired) electrons. The van der Waals surface area contributed by atoms with E-state index in [0.29, 0.717) is 13.0 Å². The molecule has 0 saturated heterocycles. The second kappa shape index (κ2) is 7.35. The Balaban J connectivity index is 1.89. The number of nitrogens with one attached hydrogen (secondary N) is 2. The van der Waals surface area contributed by atoms with Gasteiger partial charge in [-0.05, 0) is 45.1 Å². The van der Waals surface area contributed by atoms with Gasteiger partial charge < -0.3 is 5.32 Å². The van der Waals surface area contributed by atoms with Crippen LogP contribution in [0.5, 0.6) is 0 Å². The van der Waals surface area contributed by atoms with Gasteiger partial charge in [0, 0.05) is 24.4 Å². The molecule has 23 heavy (non-hydrogen) atoms. The van der Waals surface area contributed by atoms with Crippen LogP contribution in [0.15, 0.2) is 0 Å². The van der Waals surface area contributed by atoms with Crippen molar-refractivity contribution in [1.29, 1.82) is 0 Å². The number of amides is 1. The SMILES string of the molecule is Cc1nc(CCNC(=O)[C@@H](C)NS(C)(=O)=O)nc2c1CCCC2. The van der Waals surface area contributed by atoms with Gasteiger partial charge in [0.2, 0.25) is 15.9 Å². The van der Waals surface area contributed by atoms with Gasteiger partial charge in [-0.3, -0.25) is 4.79 Å². The van der Waals surface area contributed by atoms with Crippen LogP contribution in [-0.2, 0) is 34.1 Å². The summed E-state index contributed by atoms with van der Waals surface area (Å²) in [6.45, 7) is 3.90. The number of aryl methyl sites for hydroxylation is 2. The van der Waals surface area contributed by atoms with Gasteiger partial charge in [0.15, 0.2) is 0 Å². The Bertz CT molecular complexity index is 688. The zero-order valence-electron chi connectivity index (χ0n) is 13.8. The molecule has 1 aliphatic carbocycles. The molecular weight excluding hydrogens is 316 g/mol. The third-order valence-electron chi connectivity index (χ3n) is 3.87. The van der Waals surface area contributed by atoms with E-state index in [1.54, 1.807) is 0 Å². The molecule has 1 aliphatic rings. The summed E-state index contributed by atoms with van der Waals surface area (Å²) in [6.07, 6.45) is 5.96. The summed E-state index contributed by atoms with van der Waals surface area (Å²) in [5.41, 5.74) is 3.44. The highest BCUT2D eigenvalue weighted by atomic mass is 32.2. The molecule has 7 nitrogen and oxygen atoms in total. The summed E-state index contributed by atoms with van der Waals surface area (Å²) in [5, 5.41) is 2.71. The molecule has 1 atom stereocenters. The van der Waals surface area contributed by atoms with Gasteiger partial charge in [-0.25, -0.2) is 23.1 Å². The van der Waals surface area contributed by atoms with E-state index in [9.17, 15) is 13.2 Å². The van der Waals surface area contributed by atoms with Crippen molar-refractivity contribution in [2.45, 2.75) is 52.0 Å². The molecule has 0 unspecified atom stereocenters. The Labute approximate surface area is 137 Å². The van der Waals surface area contributed by atoms with Gasteiger partial charge in [0.1, 0.15) is 5.82 Å².